The molecule has 1 atom stereocenters. The number of aliphatic carboxylic acids is 1. The van der Waals surface area contributed by atoms with Crippen LogP contribution in [0.15, 0.2) is 12.4 Å². The fourth-order valence-electron chi connectivity index (χ4n) is 0.813. The van der Waals surface area contributed by atoms with Gasteiger partial charge in [-0.1, -0.05) is 15.9 Å². The predicted molar refractivity (Wildman–Crippen MR) is 50.9 cm³/mol. The van der Waals surface area contributed by atoms with E-state index in [0.717, 1.165) is 0 Å². The summed E-state index contributed by atoms with van der Waals surface area (Å²) in [6, 6.07) is 0. The maximum atomic E-state index is 12.2. The Labute approximate surface area is 96.7 Å². The number of aromatic nitrogens is 2. The lowest BCUT2D eigenvalue weighted by Crippen LogP contribution is -2.28. The zero-order chi connectivity index (χ0) is 12.6. The first-order valence-electron chi connectivity index (χ1n) is 3.97. The summed E-state index contributed by atoms with van der Waals surface area (Å²) < 4.78 is 34.9. The molecule has 0 fully saturated rings. The van der Waals surface area contributed by atoms with Gasteiger partial charge < -0.3 is 5.11 Å². The molecule has 4 nitrogen and oxygen atoms in total. The van der Waals surface area contributed by atoms with E-state index in [-0.39, 0.29) is 5.82 Å². The van der Waals surface area contributed by atoms with Crippen LogP contribution >= 0.6 is 15.9 Å². The number of carbonyl (C=O) groups is 1. The molecule has 0 radical (unpaired) electrons. The fourth-order valence-corrected chi connectivity index (χ4v) is 1.02. The molecule has 16 heavy (non-hydrogen) atoms. The minimum absolute atomic E-state index is 0.243. The summed E-state index contributed by atoms with van der Waals surface area (Å²) in [6.45, 7) is 1.23. The van der Waals surface area contributed by atoms with Gasteiger partial charge in [0.2, 0.25) is 0 Å². The number of halogens is 4. The third-order valence-corrected chi connectivity index (χ3v) is 2.49. The van der Waals surface area contributed by atoms with Crippen molar-refractivity contribution in [2.45, 2.75) is 17.4 Å². The number of alkyl halides is 4. The van der Waals surface area contributed by atoms with Crippen LogP contribution < -0.4 is 0 Å². The molecular formula is C8H6BrF3N2O2. The highest BCUT2D eigenvalue weighted by Gasteiger charge is 2.37. The SMILES string of the molecule is CC(Br)(C(=O)O)c1ncc(C(F)(F)F)cn1. The van der Waals surface area contributed by atoms with Crippen molar-refractivity contribution in [3.8, 4) is 0 Å². The Balaban J connectivity index is 3.09. The molecule has 0 saturated heterocycles. The molecule has 1 aromatic heterocycles. The Morgan fingerprint density at radius 3 is 2.12 bits per heavy atom. The van der Waals surface area contributed by atoms with Crippen LogP contribution in [0.25, 0.3) is 0 Å². The molecule has 0 aromatic carbocycles. The van der Waals surface area contributed by atoms with Gasteiger partial charge in [0, 0.05) is 12.4 Å². The van der Waals surface area contributed by atoms with E-state index in [4.69, 9.17) is 5.11 Å². The standard InChI is InChI=1S/C8H6BrF3N2O2/c1-7(9,6(15)16)5-13-2-4(3-14-5)8(10,11)12/h2-3H,1H3,(H,15,16). The van der Waals surface area contributed by atoms with E-state index >= 15 is 0 Å². The largest absolute Gasteiger partial charge is 0.480 e. The highest BCUT2D eigenvalue weighted by atomic mass is 79.9. The molecule has 0 saturated carbocycles. The maximum Gasteiger partial charge on any atom is 0.419 e. The summed E-state index contributed by atoms with van der Waals surface area (Å²) in [4.78, 5) is 17.5. The normalized spacial score (nSPS) is 15.6. The average Bonchev–Trinajstić information content (AvgIpc) is 2.16. The van der Waals surface area contributed by atoms with Crippen LogP contribution in [0.5, 0.6) is 0 Å². The van der Waals surface area contributed by atoms with Crippen molar-refractivity contribution in [3.05, 3.63) is 23.8 Å². The van der Waals surface area contributed by atoms with Crippen LogP contribution in [0.4, 0.5) is 13.2 Å². The molecule has 0 aliphatic rings. The summed E-state index contributed by atoms with van der Waals surface area (Å²) in [5, 5.41) is 8.77. The molecule has 0 aliphatic carbocycles. The monoisotopic (exact) mass is 298 g/mol. The van der Waals surface area contributed by atoms with Crippen LogP contribution in [0, 0.1) is 0 Å². The smallest absolute Gasteiger partial charge is 0.419 e. The Morgan fingerprint density at radius 1 is 1.38 bits per heavy atom. The number of nitrogens with zero attached hydrogens (tertiary/aromatic N) is 2. The van der Waals surface area contributed by atoms with Gasteiger partial charge in [-0.2, -0.15) is 13.2 Å². The van der Waals surface area contributed by atoms with Crippen molar-refractivity contribution in [2.75, 3.05) is 0 Å². The minimum atomic E-state index is -4.54. The van der Waals surface area contributed by atoms with Gasteiger partial charge in [0.15, 0.2) is 10.1 Å². The number of hydrogen-bond donors (Lipinski definition) is 1. The quantitative estimate of drug-likeness (QED) is 0.850. The molecule has 0 amide bonds. The van der Waals surface area contributed by atoms with Crippen molar-refractivity contribution in [1.82, 2.24) is 9.97 Å². The van der Waals surface area contributed by atoms with E-state index in [2.05, 4.69) is 25.9 Å². The zero-order valence-corrected chi connectivity index (χ0v) is 9.50. The molecule has 1 heterocycles. The van der Waals surface area contributed by atoms with Gasteiger partial charge in [-0.15, -0.1) is 0 Å². The van der Waals surface area contributed by atoms with E-state index in [1.165, 1.54) is 6.92 Å². The second kappa shape index (κ2) is 4.00. The summed E-state index contributed by atoms with van der Waals surface area (Å²) in [6.07, 6.45) is -3.44. The summed E-state index contributed by atoms with van der Waals surface area (Å²) >= 11 is 2.82. The molecular weight excluding hydrogens is 293 g/mol. The third kappa shape index (κ3) is 2.49. The topological polar surface area (TPSA) is 63.1 Å². The lowest BCUT2D eigenvalue weighted by atomic mass is 10.1. The number of hydrogen-bond acceptors (Lipinski definition) is 3. The zero-order valence-electron chi connectivity index (χ0n) is 7.92. The van der Waals surface area contributed by atoms with Crippen molar-refractivity contribution < 1.29 is 23.1 Å². The lowest BCUT2D eigenvalue weighted by molar-refractivity contribution is -0.139. The highest BCUT2D eigenvalue weighted by Crippen LogP contribution is 2.31. The Kier molecular flexibility index (Phi) is 3.22. The van der Waals surface area contributed by atoms with Gasteiger partial charge in [0.1, 0.15) is 0 Å². The van der Waals surface area contributed by atoms with Gasteiger partial charge in [0.05, 0.1) is 5.56 Å². The third-order valence-electron chi connectivity index (χ3n) is 1.80. The van der Waals surface area contributed by atoms with E-state index in [1.54, 1.807) is 0 Å². The van der Waals surface area contributed by atoms with Crippen LogP contribution in [-0.4, -0.2) is 21.0 Å². The second-order valence-electron chi connectivity index (χ2n) is 3.10. The maximum absolute atomic E-state index is 12.2. The summed E-state index contributed by atoms with van der Waals surface area (Å²) in [5.41, 5.74) is -1.02. The Morgan fingerprint density at radius 2 is 1.81 bits per heavy atom. The molecule has 1 aromatic rings. The number of rotatable bonds is 2. The molecule has 1 unspecified atom stereocenters. The molecule has 1 rings (SSSR count). The molecule has 0 aliphatic heterocycles. The molecule has 8 heteroatoms. The molecule has 0 spiro atoms. The predicted octanol–water partition coefficient (Wildman–Crippen LogP) is 2.19. The van der Waals surface area contributed by atoms with E-state index in [1.807, 2.05) is 0 Å². The van der Waals surface area contributed by atoms with E-state index in [9.17, 15) is 18.0 Å². The second-order valence-corrected chi connectivity index (χ2v) is 4.69. The van der Waals surface area contributed by atoms with Crippen LogP contribution in [0.3, 0.4) is 0 Å². The van der Waals surface area contributed by atoms with Gasteiger partial charge >= 0.3 is 12.1 Å². The van der Waals surface area contributed by atoms with Gasteiger partial charge in [0.25, 0.3) is 0 Å². The van der Waals surface area contributed by atoms with Crippen LogP contribution in [0.1, 0.15) is 18.3 Å². The molecule has 88 valence electrons. The van der Waals surface area contributed by atoms with Crippen molar-refractivity contribution in [3.63, 3.8) is 0 Å². The highest BCUT2D eigenvalue weighted by molar-refractivity contribution is 9.10. The Bertz CT molecular complexity index is 403. The molecule has 1 N–H and O–H groups in total. The van der Waals surface area contributed by atoms with Crippen molar-refractivity contribution in [1.29, 1.82) is 0 Å². The lowest BCUT2D eigenvalue weighted by Gasteiger charge is -2.15. The van der Waals surface area contributed by atoms with E-state index < -0.39 is 22.0 Å². The summed E-state index contributed by atoms with van der Waals surface area (Å²) in [5.74, 6) is -1.53. The van der Waals surface area contributed by atoms with Crippen LogP contribution in [0.2, 0.25) is 0 Å². The molecule has 0 bridgehead atoms. The fraction of sp³-hybridized carbons (Fsp3) is 0.375. The van der Waals surface area contributed by atoms with Crippen LogP contribution in [-0.2, 0) is 15.3 Å². The van der Waals surface area contributed by atoms with Gasteiger partial charge in [-0.25, -0.2) is 9.97 Å². The first-order valence-corrected chi connectivity index (χ1v) is 4.77. The Hall–Kier alpha value is -1.18. The minimum Gasteiger partial charge on any atom is -0.480 e. The summed E-state index contributed by atoms with van der Waals surface area (Å²) in [7, 11) is 0. The average molecular weight is 299 g/mol. The van der Waals surface area contributed by atoms with Gasteiger partial charge in [-0.05, 0) is 6.92 Å². The van der Waals surface area contributed by atoms with Crippen molar-refractivity contribution >= 4 is 21.9 Å². The van der Waals surface area contributed by atoms with Crippen molar-refractivity contribution in [2.24, 2.45) is 0 Å². The number of carboxylic acid groups (broad SMARTS) is 1. The number of carboxylic acids is 1. The first-order chi connectivity index (χ1) is 7.15. The first kappa shape index (κ1) is 12.9. The van der Waals surface area contributed by atoms with E-state index in [0.29, 0.717) is 12.4 Å². The van der Waals surface area contributed by atoms with Gasteiger partial charge in [-0.3, -0.25) is 4.79 Å².